The molecule has 1 aliphatic carbocycles. The van der Waals surface area contributed by atoms with Crippen LogP contribution < -0.4 is 11.1 Å². The predicted molar refractivity (Wildman–Crippen MR) is 119 cm³/mol. The number of likely N-dealkylation sites (tertiary alicyclic amines) is 1. The number of carbonyl (C=O) groups excluding carboxylic acids is 2. The number of guanidine groups is 1. The highest BCUT2D eigenvalue weighted by molar-refractivity contribution is 14.0. The fraction of sp³-hybridized carbons (Fsp3) is 0.842. The average Bonchev–Trinajstić information content (AvgIpc) is 2.62. The lowest BCUT2D eigenvalue weighted by molar-refractivity contribution is -0.127. The summed E-state index contributed by atoms with van der Waals surface area (Å²) in [6.45, 7) is 2.74. The van der Waals surface area contributed by atoms with Gasteiger partial charge in [-0.15, -0.1) is 24.0 Å². The molecule has 1 saturated carbocycles. The molecule has 7 nitrogen and oxygen atoms in total. The monoisotopic (exact) mass is 493 g/mol. The Balaban J connectivity index is 0.00000364. The molecule has 0 spiro atoms. The normalized spacial score (nSPS) is 21.3. The molecule has 0 aromatic carbocycles. The highest BCUT2D eigenvalue weighted by atomic mass is 127. The summed E-state index contributed by atoms with van der Waals surface area (Å²) in [6, 6.07) is 0. The number of hydrogen-bond acceptors (Lipinski definition) is 3. The summed E-state index contributed by atoms with van der Waals surface area (Å²) < 4.78 is 0. The van der Waals surface area contributed by atoms with Crippen LogP contribution in [0.15, 0.2) is 4.99 Å². The number of hydrogen-bond donors (Lipinski definition) is 2. The number of nitrogens with two attached hydrogens (primary N) is 1. The number of amides is 2. The fourth-order valence-electron chi connectivity index (χ4n) is 3.89. The van der Waals surface area contributed by atoms with Gasteiger partial charge in [-0.25, -0.2) is 4.99 Å². The Morgan fingerprint density at radius 1 is 1.11 bits per heavy atom. The molecule has 1 atom stereocenters. The third kappa shape index (κ3) is 8.66. The van der Waals surface area contributed by atoms with Gasteiger partial charge in [0.15, 0.2) is 5.96 Å². The largest absolute Gasteiger partial charge is 0.370 e. The first-order valence-electron chi connectivity index (χ1n) is 9.97. The van der Waals surface area contributed by atoms with E-state index >= 15 is 0 Å². The lowest BCUT2D eigenvalue weighted by atomic mass is 9.89. The van der Waals surface area contributed by atoms with Crippen molar-refractivity contribution in [3.8, 4) is 0 Å². The summed E-state index contributed by atoms with van der Waals surface area (Å²) in [4.78, 5) is 31.6. The molecule has 2 aliphatic rings. The van der Waals surface area contributed by atoms with Crippen LogP contribution in [0, 0.1) is 11.8 Å². The van der Waals surface area contributed by atoms with E-state index in [0.717, 1.165) is 38.4 Å². The number of halogens is 1. The molecule has 2 rings (SSSR count). The minimum absolute atomic E-state index is 0. The number of nitrogens with one attached hydrogen (secondary N) is 1. The molecule has 0 aromatic heterocycles. The molecule has 1 unspecified atom stereocenters. The summed E-state index contributed by atoms with van der Waals surface area (Å²) in [5.74, 6) is 1.51. The molecule has 0 aromatic rings. The minimum Gasteiger partial charge on any atom is -0.370 e. The van der Waals surface area contributed by atoms with E-state index in [1.54, 1.807) is 19.0 Å². The number of nitrogens with zero attached hydrogens (tertiary/aromatic N) is 3. The molecule has 1 saturated heterocycles. The minimum atomic E-state index is -0.242. The van der Waals surface area contributed by atoms with E-state index in [2.05, 4.69) is 15.2 Å². The van der Waals surface area contributed by atoms with E-state index in [-0.39, 0.29) is 48.3 Å². The Kier molecular flexibility index (Phi) is 11.0. The van der Waals surface area contributed by atoms with E-state index in [4.69, 9.17) is 5.73 Å². The first-order valence-corrected chi connectivity index (χ1v) is 9.97. The summed E-state index contributed by atoms with van der Waals surface area (Å²) in [6.07, 6.45) is 8.95. The molecular formula is C19H36IN5O2. The molecule has 1 aliphatic heterocycles. The Labute approximate surface area is 180 Å². The first kappa shape index (κ1) is 24.0. The van der Waals surface area contributed by atoms with Gasteiger partial charge >= 0.3 is 0 Å². The van der Waals surface area contributed by atoms with Gasteiger partial charge in [-0.05, 0) is 37.5 Å². The number of rotatable bonds is 6. The van der Waals surface area contributed by atoms with Crippen LogP contribution in [0.5, 0.6) is 0 Å². The van der Waals surface area contributed by atoms with E-state index in [1.807, 2.05) is 0 Å². The van der Waals surface area contributed by atoms with Crippen LogP contribution in [-0.2, 0) is 9.59 Å². The number of primary amides is 1. The van der Waals surface area contributed by atoms with E-state index in [9.17, 15) is 9.59 Å². The van der Waals surface area contributed by atoms with Crippen molar-refractivity contribution in [2.75, 3.05) is 40.3 Å². The molecule has 2 fully saturated rings. The predicted octanol–water partition coefficient (Wildman–Crippen LogP) is 1.81. The summed E-state index contributed by atoms with van der Waals surface area (Å²) in [7, 11) is 3.49. The van der Waals surface area contributed by atoms with Crippen LogP contribution in [0.2, 0.25) is 0 Å². The quantitative estimate of drug-likeness (QED) is 0.336. The van der Waals surface area contributed by atoms with Crippen molar-refractivity contribution in [3.05, 3.63) is 0 Å². The topological polar surface area (TPSA) is 91.0 Å². The highest BCUT2D eigenvalue weighted by Gasteiger charge is 2.24. The van der Waals surface area contributed by atoms with Crippen LogP contribution >= 0.6 is 24.0 Å². The van der Waals surface area contributed by atoms with Crippen molar-refractivity contribution in [1.29, 1.82) is 0 Å². The van der Waals surface area contributed by atoms with Crippen molar-refractivity contribution in [2.24, 2.45) is 22.6 Å². The van der Waals surface area contributed by atoms with Crippen LogP contribution in [0.1, 0.15) is 51.4 Å². The van der Waals surface area contributed by atoms with Gasteiger partial charge in [-0.1, -0.05) is 19.3 Å². The number of likely N-dealkylation sites (N-methyl/N-ethyl adjacent to an activating group) is 1. The summed E-state index contributed by atoms with van der Waals surface area (Å²) in [5, 5.41) is 3.52. The zero-order valence-corrected chi connectivity index (χ0v) is 19.1. The van der Waals surface area contributed by atoms with E-state index in [0.29, 0.717) is 12.3 Å². The molecule has 27 heavy (non-hydrogen) atoms. The molecule has 8 heteroatoms. The Morgan fingerprint density at radius 3 is 2.41 bits per heavy atom. The number of piperidine rings is 1. The Hall–Kier alpha value is -1.06. The van der Waals surface area contributed by atoms with Crippen molar-refractivity contribution < 1.29 is 9.59 Å². The van der Waals surface area contributed by atoms with Gasteiger partial charge in [0.05, 0.1) is 0 Å². The van der Waals surface area contributed by atoms with Crippen LogP contribution in [0.4, 0.5) is 0 Å². The van der Waals surface area contributed by atoms with Gasteiger partial charge in [0.25, 0.3) is 0 Å². The lowest BCUT2D eigenvalue weighted by Gasteiger charge is -2.35. The van der Waals surface area contributed by atoms with Crippen molar-refractivity contribution in [3.63, 3.8) is 0 Å². The fourth-order valence-corrected chi connectivity index (χ4v) is 3.89. The van der Waals surface area contributed by atoms with Crippen molar-refractivity contribution >= 4 is 41.8 Å². The standard InChI is InChI=1S/C19H35N5O2.HI/c1-23(2)18(26)13-22-19(21-12-15-7-4-3-5-8-15)24-10-6-9-16(14-24)11-17(20)25;/h15-16H,3-14H2,1-2H3,(H2,20,25)(H,21,22);1H. The van der Waals surface area contributed by atoms with Gasteiger partial charge in [0.2, 0.25) is 11.8 Å². The molecule has 156 valence electrons. The first-order chi connectivity index (χ1) is 12.5. The molecule has 3 N–H and O–H groups in total. The second-order valence-electron chi connectivity index (χ2n) is 7.94. The lowest BCUT2D eigenvalue weighted by Crippen LogP contribution is -2.48. The van der Waals surface area contributed by atoms with Crippen molar-refractivity contribution in [1.82, 2.24) is 15.1 Å². The average molecular weight is 493 g/mol. The zero-order chi connectivity index (χ0) is 18.9. The van der Waals surface area contributed by atoms with Gasteiger partial charge in [-0.2, -0.15) is 0 Å². The maximum Gasteiger partial charge on any atom is 0.243 e. The van der Waals surface area contributed by atoms with Gasteiger partial charge in [-0.3, -0.25) is 9.59 Å². The van der Waals surface area contributed by atoms with Crippen LogP contribution in [-0.4, -0.2) is 67.8 Å². The number of aliphatic imine (C=N–C) groups is 1. The molecule has 0 radical (unpaired) electrons. The van der Waals surface area contributed by atoms with Gasteiger partial charge < -0.3 is 20.9 Å². The molecule has 2 amide bonds. The Morgan fingerprint density at radius 2 is 1.78 bits per heavy atom. The third-order valence-corrected chi connectivity index (χ3v) is 5.44. The second-order valence-corrected chi connectivity index (χ2v) is 7.94. The van der Waals surface area contributed by atoms with E-state index < -0.39 is 0 Å². The number of carbonyl (C=O) groups is 2. The van der Waals surface area contributed by atoms with Crippen molar-refractivity contribution in [2.45, 2.75) is 51.4 Å². The van der Waals surface area contributed by atoms with Crippen LogP contribution in [0.3, 0.4) is 0 Å². The SMILES string of the molecule is CN(C)C(=O)CN=C(NCC1CCCCC1)N1CCCC(CC(N)=O)C1.I. The van der Waals surface area contributed by atoms with Crippen LogP contribution in [0.25, 0.3) is 0 Å². The second kappa shape index (κ2) is 12.4. The summed E-state index contributed by atoms with van der Waals surface area (Å²) >= 11 is 0. The van der Waals surface area contributed by atoms with E-state index in [1.165, 1.54) is 32.1 Å². The maximum atomic E-state index is 12.0. The third-order valence-electron chi connectivity index (χ3n) is 5.44. The smallest absolute Gasteiger partial charge is 0.243 e. The molecular weight excluding hydrogens is 457 g/mol. The summed E-state index contributed by atoms with van der Waals surface area (Å²) in [5.41, 5.74) is 5.38. The van der Waals surface area contributed by atoms with Gasteiger partial charge in [0.1, 0.15) is 6.54 Å². The zero-order valence-electron chi connectivity index (χ0n) is 16.8. The van der Waals surface area contributed by atoms with Gasteiger partial charge in [0, 0.05) is 40.2 Å². The molecule has 1 heterocycles. The maximum absolute atomic E-state index is 12.0. The molecule has 0 bridgehead atoms. The Bertz CT molecular complexity index is 506. The highest BCUT2D eigenvalue weighted by Crippen LogP contribution is 2.23.